The van der Waals surface area contributed by atoms with Gasteiger partial charge in [0.15, 0.2) is 0 Å². The first-order chi connectivity index (χ1) is 12.4. The van der Waals surface area contributed by atoms with Crippen LogP contribution in [0.15, 0.2) is 24.3 Å². The summed E-state index contributed by atoms with van der Waals surface area (Å²) in [7, 11) is 0. The van der Waals surface area contributed by atoms with E-state index in [1.807, 2.05) is 6.92 Å². The maximum absolute atomic E-state index is 11.8. The average Bonchev–Trinajstić information content (AvgIpc) is 2.61. The largest absolute Gasteiger partial charge is 0.494 e. The summed E-state index contributed by atoms with van der Waals surface area (Å²) in [4.78, 5) is 45.1. The SMILES string of the molecule is CCOC(=O)C(=O)NC(CNC(=O)C(=O)O)Cc1ccc(OCC)cc1. The van der Waals surface area contributed by atoms with Gasteiger partial charge in [-0.05, 0) is 38.0 Å². The Balaban J connectivity index is 2.78. The Kier molecular flexibility index (Phi) is 8.62. The molecule has 0 heterocycles. The van der Waals surface area contributed by atoms with Gasteiger partial charge in [-0.15, -0.1) is 0 Å². The van der Waals surface area contributed by atoms with Crippen LogP contribution in [-0.4, -0.2) is 54.7 Å². The van der Waals surface area contributed by atoms with Crippen molar-refractivity contribution >= 4 is 23.8 Å². The molecule has 0 fully saturated rings. The number of amides is 2. The Labute approximate surface area is 150 Å². The van der Waals surface area contributed by atoms with E-state index in [-0.39, 0.29) is 19.6 Å². The third kappa shape index (κ3) is 7.20. The number of nitrogens with one attached hydrogen (secondary N) is 2. The van der Waals surface area contributed by atoms with Crippen LogP contribution in [0.4, 0.5) is 0 Å². The van der Waals surface area contributed by atoms with Crippen LogP contribution < -0.4 is 15.4 Å². The third-order valence-electron chi connectivity index (χ3n) is 3.22. The number of rotatable bonds is 8. The average molecular weight is 366 g/mol. The fraction of sp³-hybridized carbons (Fsp3) is 0.412. The molecule has 1 unspecified atom stereocenters. The number of hydrogen-bond donors (Lipinski definition) is 3. The Morgan fingerprint density at radius 1 is 1.04 bits per heavy atom. The van der Waals surface area contributed by atoms with E-state index < -0.39 is 29.8 Å². The van der Waals surface area contributed by atoms with Gasteiger partial charge >= 0.3 is 23.8 Å². The summed E-state index contributed by atoms with van der Waals surface area (Å²) in [5.74, 6) is -4.17. The fourth-order valence-electron chi connectivity index (χ4n) is 2.08. The van der Waals surface area contributed by atoms with Crippen molar-refractivity contribution in [3.05, 3.63) is 29.8 Å². The second-order valence-electron chi connectivity index (χ2n) is 5.19. The van der Waals surface area contributed by atoms with E-state index >= 15 is 0 Å². The minimum atomic E-state index is -1.64. The molecule has 0 saturated heterocycles. The molecule has 26 heavy (non-hydrogen) atoms. The number of hydrogen-bond acceptors (Lipinski definition) is 6. The molecule has 9 nitrogen and oxygen atoms in total. The molecule has 0 aliphatic carbocycles. The van der Waals surface area contributed by atoms with E-state index in [4.69, 9.17) is 9.84 Å². The Morgan fingerprint density at radius 2 is 1.69 bits per heavy atom. The summed E-state index contributed by atoms with van der Waals surface area (Å²) in [6, 6.07) is 6.34. The highest BCUT2D eigenvalue weighted by Crippen LogP contribution is 2.13. The van der Waals surface area contributed by atoms with Crippen molar-refractivity contribution in [3.8, 4) is 5.75 Å². The summed E-state index contributed by atoms with van der Waals surface area (Å²) >= 11 is 0. The van der Waals surface area contributed by atoms with Gasteiger partial charge in [-0.25, -0.2) is 9.59 Å². The van der Waals surface area contributed by atoms with Gasteiger partial charge in [-0.1, -0.05) is 12.1 Å². The number of esters is 1. The van der Waals surface area contributed by atoms with Gasteiger partial charge in [-0.3, -0.25) is 9.59 Å². The van der Waals surface area contributed by atoms with Crippen LogP contribution in [0.5, 0.6) is 5.75 Å². The number of benzene rings is 1. The normalized spacial score (nSPS) is 11.2. The maximum atomic E-state index is 11.8. The second kappa shape index (κ2) is 10.7. The first kappa shape index (κ1) is 20.9. The zero-order valence-electron chi connectivity index (χ0n) is 14.6. The number of carbonyl (C=O) groups excluding carboxylic acids is 3. The topological polar surface area (TPSA) is 131 Å². The molecule has 1 atom stereocenters. The van der Waals surface area contributed by atoms with Gasteiger partial charge < -0.3 is 25.2 Å². The number of ether oxygens (including phenoxy) is 2. The predicted octanol–water partition coefficient (Wildman–Crippen LogP) is -0.123. The lowest BCUT2D eigenvalue weighted by Gasteiger charge is -2.18. The van der Waals surface area contributed by atoms with Gasteiger partial charge in [0.25, 0.3) is 0 Å². The summed E-state index contributed by atoms with van der Waals surface area (Å²) in [6.45, 7) is 3.84. The Morgan fingerprint density at radius 3 is 2.23 bits per heavy atom. The van der Waals surface area contributed by atoms with Crippen LogP contribution in [0.25, 0.3) is 0 Å². The van der Waals surface area contributed by atoms with Gasteiger partial charge in [0.1, 0.15) is 5.75 Å². The lowest BCUT2D eigenvalue weighted by atomic mass is 10.1. The van der Waals surface area contributed by atoms with Crippen molar-refractivity contribution in [2.75, 3.05) is 19.8 Å². The Bertz CT molecular complexity index is 643. The van der Waals surface area contributed by atoms with Gasteiger partial charge in [0, 0.05) is 6.54 Å². The number of carboxylic acid groups (broad SMARTS) is 1. The van der Waals surface area contributed by atoms with E-state index in [9.17, 15) is 19.2 Å². The van der Waals surface area contributed by atoms with E-state index in [1.54, 1.807) is 31.2 Å². The first-order valence-corrected chi connectivity index (χ1v) is 8.07. The molecule has 0 aromatic heterocycles. The molecule has 3 N–H and O–H groups in total. The Hall–Kier alpha value is -3.10. The zero-order chi connectivity index (χ0) is 19.5. The summed E-state index contributed by atoms with van der Waals surface area (Å²) in [6.07, 6.45) is 0.261. The smallest absolute Gasteiger partial charge is 0.396 e. The highest BCUT2D eigenvalue weighted by Gasteiger charge is 2.21. The van der Waals surface area contributed by atoms with Crippen molar-refractivity contribution in [2.24, 2.45) is 0 Å². The summed E-state index contributed by atoms with van der Waals surface area (Å²) in [5, 5.41) is 13.2. The van der Waals surface area contributed by atoms with Crippen LogP contribution in [0, 0.1) is 0 Å². The van der Waals surface area contributed by atoms with E-state index in [0.29, 0.717) is 12.4 Å². The molecular weight excluding hydrogens is 344 g/mol. The van der Waals surface area contributed by atoms with Crippen LogP contribution in [0.2, 0.25) is 0 Å². The molecule has 1 rings (SSSR count). The summed E-state index contributed by atoms with van der Waals surface area (Å²) < 4.78 is 9.95. The molecule has 1 aromatic carbocycles. The monoisotopic (exact) mass is 366 g/mol. The van der Waals surface area contributed by atoms with E-state index in [2.05, 4.69) is 15.4 Å². The molecule has 0 radical (unpaired) electrons. The van der Waals surface area contributed by atoms with Crippen LogP contribution >= 0.6 is 0 Å². The van der Waals surface area contributed by atoms with Gasteiger partial charge in [-0.2, -0.15) is 0 Å². The molecule has 0 bridgehead atoms. The highest BCUT2D eigenvalue weighted by molar-refractivity contribution is 6.32. The van der Waals surface area contributed by atoms with Crippen molar-refractivity contribution in [1.82, 2.24) is 10.6 Å². The van der Waals surface area contributed by atoms with Crippen LogP contribution in [0.1, 0.15) is 19.4 Å². The van der Waals surface area contributed by atoms with Gasteiger partial charge in [0.05, 0.1) is 19.3 Å². The van der Waals surface area contributed by atoms with Crippen molar-refractivity contribution in [3.63, 3.8) is 0 Å². The highest BCUT2D eigenvalue weighted by atomic mass is 16.5. The third-order valence-corrected chi connectivity index (χ3v) is 3.22. The van der Waals surface area contributed by atoms with Crippen molar-refractivity contribution in [1.29, 1.82) is 0 Å². The maximum Gasteiger partial charge on any atom is 0.396 e. The number of aliphatic carboxylic acids is 1. The lowest BCUT2D eigenvalue weighted by Crippen LogP contribution is -2.48. The van der Waals surface area contributed by atoms with Crippen molar-refractivity contribution < 1.29 is 33.8 Å². The minimum absolute atomic E-state index is 0.0472. The zero-order valence-corrected chi connectivity index (χ0v) is 14.6. The first-order valence-electron chi connectivity index (χ1n) is 8.07. The van der Waals surface area contributed by atoms with Gasteiger partial charge in [0.2, 0.25) is 0 Å². The summed E-state index contributed by atoms with van der Waals surface area (Å²) in [5.41, 5.74) is 0.798. The molecule has 1 aromatic rings. The minimum Gasteiger partial charge on any atom is -0.494 e. The van der Waals surface area contributed by atoms with E-state index in [1.165, 1.54) is 0 Å². The lowest BCUT2D eigenvalue weighted by molar-refractivity contribution is -0.155. The predicted molar refractivity (Wildman–Crippen MR) is 90.5 cm³/mol. The molecular formula is C17H22N2O7. The molecule has 0 spiro atoms. The van der Waals surface area contributed by atoms with Crippen molar-refractivity contribution in [2.45, 2.75) is 26.3 Å². The molecule has 9 heteroatoms. The van der Waals surface area contributed by atoms with Crippen LogP contribution in [0.3, 0.4) is 0 Å². The molecule has 0 aliphatic heterocycles. The number of carboxylic acids is 1. The van der Waals surface area contributed by atoms with Crippen LogP contribution in [-0.2, 0) is 30.3 Å². The molecule has 142 valence electrons. The number of carbonyl (C=O) groups is 4. The second-order valence-corrected chi connectivity index (χ2v) is 5.19. The van der Waals surface area contributed by atoms with E-state index in [0.717, 1.165) is 5.56 Å². The standard InChI is InChI=1S/C17H22N2O7/c1-3-25-13-7-5-11(6-8-13)9-12(10-18-14(20)16(22)23)19-15(21)17(24)26-4-2/h5-8,12H,3-4,9-10H2,1-2H3,(H,18,20)(H,19,21)(H,22,23). The molecule has 0 aliphatic rings. The quantitative estimate of drug-likeness (QED) is 0.432. The molecule has 0 saturated carbocycles. The fourth-order valence-corrected chi connectivity index (χ4v) is 2.08. The molecule has 2 amide bonds.